The SMILES string of the molecule is CCN(C)CC(C)NCC1CCCc2ccccc21. The van der Waals surface area contributed by atoms with Crippen molar-refractivity contribution >= 4 is 0 Å². The fourth-order valence-electron chi connectivity index (χ4n) is 3.07. The summed E-state index contributed by atoms with van der Waals surface area (Å²) in [4.78, 5) is 2.37. The van der Waals surface area contributed by atoms with Crippen LogP contribution in [-0.2, 0) is 6.42 Å². The molecule has 0 amide bonds. The van der Waals surface area contributed by atoms with Gasteiger partial charge in [-0.05, 0) is 56.8 Å². The van der Waals surface area contributed by atoms with Gasteiger partial charge in [0.05, 0.1) is 0 Å². The Hall–Kier alpha value is -0.860. The summed E-state index contributed by atoms with van der Waals surface area (Å²) in [6, 6.07) is 9.55. The van der Waals surface area contributed by atoms with Gasteiger partial charge in [-0.1, -0.05) is 31.2 Å². The summed E-state index contributed by atoms with van der Waals surface area (Å²) in [5.41, 5.74) is 3.15. The number of benzene rings is 1. The molecule has 2 heteroatoms. The molecule has 1 aromatic carbocycles. The Morgan fingerprint density at radius 3 is 2.95 bits per heavy atom. The molecule has 2 atom stereocenters. The number of aryl methyl sites for hydroxylation is 1. The summed E-state index contributed by atoms with van der Waals surface area (Å²) in [7, 11) is 2.19. The van der Waals surface area contributed by atoms with Gasteiger partial charge in [0.1, 0.15) is 0 Å². The van der Waals surface area contributed by atoms with Crippen LogP contribution in [0.4, 0.5) is 0 Å². The lowest BCUT2D eigenvalue weighted by Gasteiger charge is -2.28. The van der Waals surface area contributed by atoms with Gasteiger partial charge < -0.3 is 10.2 Å². The highest BCUT2D eigenvalue weighted by molar-refractivity contribution is 5.32. The van der Waals surface area contributed by atoms with Crippen LogP contribution in [0.3, 0.4) is 0 Å². The highest BCUT2D eigenvalue weighted by Gasteiger charge is 2.19. The third-order valence-corrected chi connectivity index (χ3v) is 4.33. The van der Waals surface area contributed by atoms with E-state index >= 15 is 0 Å². The van der Waals surface area contributed by atoms with Gasteiger partial charge in [-0.15, -0.1) is 0 Å². The summed E-state index contributed by atoms with van der Waals surface area (Å²) < 4.78 is 0. The standard InChI is InChI=1S/C17H28N2/c1-4-19(3)13-14(2)18-12-16-10-7-9-15-8-5-6-11-17(15)16/h5-6,8,11,14,16,18H,4,7,9-10,12-13H2,1-3H3. The molecule has 0 fully saturated rings. The molecule has 0 aromatic heterocycles. The maximum atomic E-state index is 3.72. The zero-order valence-corrected chi connectivity index (χ0v) is 12.7. The molecule has 0 bridgehead atoms. The zero-order valence-electron chi connectivity index (χ0n) is 12.7. The number of nitrogens with zero attached hydrogens (tertiary/aromatic N) is 1. The van der Waals surface area contributed by atoms with E-state index in [0.29, 0.717) is 12.0 Å². The van der Waals surface area contributed by atoms with Gasteiger partial charge in [0, 0.05) is 19.1 Å². The van der Waals surface area contributed by atoms with E-state index in [1.807, 2.05) is 0 Å². The van der Waals surface area contributed by atoms with E-state index in [4.69, 9.17) is 0 Å². The van der Waals surface area contributed by atoms with E-state index in [-0.39, 0.29) is 0 Å². The van der Waals surface area contributed by atoms with Crippen molar-refractivity contribution in [1.82, 2.24) is 10.2 Å². The fraction of sp³-hybridized carbons (Fsp3) is 0.647. The molecule has 2 rings (SSSR count). The number of hydrogen-bond acceptors (Lipinski definition) is 2. The van der Waals surface area contributed by atoms with Crippen LogP contribution >= 0.6 is 0 Å². The van der Waals surface area contributed by atoms with Crippen LogP contribution < -0.4 is 5.32 Å². The Bertz CT molecular complexity index is 389. The molecule has 1 aliphatic carbocycles. The number of hydrogen-bond donors (Lipinski definition) is 1. The van der Waals surface area contributed by atoms with Crippen molar-refractivity contribution in [2.45, 2.75) is 45.1 Å². The van der Waals surface area contributed by atoms with Crippen molar-refractivity contribution in [3.63, 3.8) is 0 Å². The first-order valence-electron chi connectivity index (χ1n) is 7.70. The van der Waals surface area contributed by atoms with Crippen LogP contribution in [0.15, 0.2) is 24.3 Å². The van der Waals surface area contributed by atoms with E-state index in [1.54, 1.807) is 11.1 Å². The molecule has 0 heterocycles. The largest absolute Gasteiger partial charge is 0.312 e. The smallest absolute Gasteiger partial charge is 0.0166 e. The Kier molecular flexibility index (Phi) is 5.41. The summed E-state index contributed by atoms with van der Waals surface area (Å²) >= 11 is 0. The van der Waals surface area contributed by atoms with Gasteiger partial charge in [-0.2, -0.15) is 0 Å². The summed E-state index contributed by atoms with van der Waals surface area (Å²) in [6.45, 7) is 7.88. The first-order chi connectivity index (χ1) is 9.20. The monoisotopic (exact) mass is 260 g/mol. The minimum absolute atomic E-state index is 0.569. The van der Waals surface area contributed by atoms with Crippen LogP contribution in [0.1, 0.15) is 43.7 Å². The number of likely N-dealkylation sites (N-methyl/N-ethyl adjacent to an activating group) is 1. The first-order valence-corrected chi connectivity index (χ1v) is 7.70. The minimum atomic E-state index is 0.569. The molecule has 2 nitrogen and oxygen atoms in total. The van der Waals surface area contributed by atoms with Crippen LogP contribution in [0.2, 0.25) is 0 Å². The second kappa shape index (κ2) is 7.06. The highest BCUT2D eigenvalue weighted by Crippen LogP contribution is 2.30. The Labute approximate surface area is 118 Å². The van der Waals surface area contributed by atoms with Crippen LogP contribution in [0.5, 0.6) is 0 Å². The molecule has 0 spiro atoms. The molecule has 0 aliphatic heterocycles. The van der Waals surface area contributed by atoms with Gasteiger partial charge in [-0.3, -0.25) is 0 Å². The quantitative estimate of drug-likeness (QED) is 0.846. The highest BCUT2D eigenvalue weighted by atomic mass is 15.1. The molecule has 19 heavy (non-hydrogen) atoms. The molecule has 0 saturated heterocycles. The van der Waals surface area contributed by atoms with Gasteiger partial charge in [0.25, 0.3) is 0 Å². The molecular weight excluding hydrogens is 232 g/mol. The lowest BCUT2D eigenvalue weighted by atomic mass is 9.83. The van der Waals surface area contributed by atoms with E-state index in [9.17, 15) is 0 Å². The summed E-state index contributed by atoms with van der Waals surface area (Å²) in [5.74, 6) is 0.708. The normalized spacial score (nSPS) is 20.3. The van der Waals surface area contributed by atoms with E-state index in [0.717, 1.165) is 19.6 Å². The van der Waals surface area contributed by atoms with Crippen molar-refractivity contribution in [3.8, 4) is 0 Å². The van der Waals surface area contributed by atoms with Gasteiger partial charge in [0.2, 0.25) is 0 Å². The average molecular weight is 260 g/mol. The zero-order chi connectivity index (χ0) is 13.7. The molecule has 1 N–H and O–H groups in total. The third kappa shape index (κ3) is 4.05. The number of nitrogens with one attached hydrogen (secondary N) is 1. The fourth-order valence-corrected chi connectivity index (χ4v) is 3.07. The second-order valence-electron chi connectivity index (χ2n) is 5.95. The Balaban J connectivity index is 1.87. The molecule has 0 radical (unpaired) electrons. The maximum absolute atomic E-state index is 3.72. The third-order valence-electron chi connectivity index (χ3n) is 4.33. The lowest BCUT2D eigenvalue weighted by molar-refractivity contribution is 0.305. The minimum Gasteiger partial charge on any atom is -0.312 e. The van der Waals surface area contributed by atoms with E-state index in [1.165, 1.54) is 19.3 Å². The van der Waals surface area contributed by atoms with Gasteiger partial charge in [-0.25, -0.2) is 0 Å². The molecule has 2 unspecified atom stereocenters. The first kappa shape index (κ1) is 14.5. The predicted molar refractivity (Wildman–Crippen MR) is 82.8 cm³/mol. The predicted octanol–water partition coefficient (Wildman–Crippen LogP) is 3.04. The molecule has 1 aliphatic rings. The average Bonchev–Trinajstić information content (AvgIpc) is 2.44. The van der Waals surface area contributed by atoms with Crippen molar-refractivity contribution in [1.29, 1.82) is 0 Å². The van der Waals surface area contributed by atoms with E-state index < -0.39 is 0 Å². The van der Waals surface area contributed by atoms with Gasteiger partial charge in [0.15, 0.2) is 0 Å². The van der Waals surface area contributed by atoms with Crippen LogP contribution in [0.25, 0.3) is 0 Å². The van der Waals surface area contributed by atoms with Crippen molar-refractivity contribution in [2.75, 3.05) is 26.7 Å². The molecular formula is C17H28N2. The molecule has 0 saturated carbocycles. The second-order valence-corrected chi connectivity index (χ2v) is 5.95. The van der Waals surface area contributed by atoms with Crippen LogP contribution in [0, 0.1) is 0 Å². The van der Waals surface area contributed by atoms with Crippen molar-refractivity contribution in [3.05, 3.63) is 35.4 Å². The molecule has 106 valence electrons. The van der Waals surface area contributed by atoms with E-state index in [2.05, 4.69) is 55.4 Å². The van der Waals surface area contributed by atoms with Crippen molar-refractivity contribution < 1.29 is 0 Å². The lowest BCUT2D eigenvalue weighted by Crippen LogP contribution is -2.39. The summed E-state index contributed by atoms with van der Waals surface area (Å²) in [6.07, 6.45) is 3.94. The summed E-state index contributed by atoms with van der Waals surface area (Å²) in [5, 5.41) is 3.72. The van der Waals surface area contributed by atoms with Gasteiger partial charge >= 0.3 is 0 Å². The topological polar surface area (TPSA) is 15.3 Å². The molecule has 1 aromatic rings. The Morgan fingerprint density at radius 2 is 2.16 bits per heavy atom. The Morgan fingerprint density at radius 1 is 1.37 bits per heavy atom. The number of rotatable bonds is 6. The van der Waals surface area contributed by atoms with Crippen LogP contribution in [-0.4, -0.2) is 37.6 Å². The number of fused-ring (bicyclic) bond motifs is 1. The van der Waals surface area contributed by atoms with Crippen molar-refractivity contribution in [2.24, 2.45) is 0 Å². The maximum Gasteiger partial charge on any atom is 0.0166 e.